The molecule has 0 aromatic rings. The molecule has 0 aromatic carbocycles. The van der Waals surface area contributed by atoms with Crippen LogP contribution in [-0.2, 0) is 14.3 Å². The quantitative estimate of drug-likeness (QED) is 0.224. The number of carboxylic acids is 1. The molecule has 0 amide bonds. The number of halogens is 6. The maximum absolute atomic E-state index is 10.9. The van der Waals surface area contributed by atoms with Crippen LogP contribution in [0.3, 0.4) is 0 Å². The van der Waals surface area contributed by atoms with Gasteiger partial charge in [-0.3, -0.25) is 0 Å². The minimum Gasteiger partial charge on any atom is -0.870 e. The van der Waals surface area contributed by atoms with E-state index in [0.29, 0.717) is 6.61 Å². The van der Waals surface area contributed by atoms with Crippen LogP contribution in [0.4, 0.5) is 0 Å². The second-order valence-corrected chi connectivity index (χ2v) is 8.35. The standard InChI is InChI=1S/C8H11Cl3O2.C4H3Cl3O2.Li.H2O/c1-2-3-6-13-7(12)4-5-8(9,10)11;5-4(6,7)2-1-3(8)9;;/h4-5H,2-3,6H2,1H3;1-2H,(H,8,9);;1H2/q;;+1;/p-1/b5-4+;2-1-;;. The first-order valence-electron chi connectivity index (χ1n) is 5.79. The summed E-state index contributed by atoms with van der Waals surface area (Å²) in [5.41, 5.74) is 0. The van der Waals surface area contributed by atoms with Crippen molar-refractivity contribution in [3.63, 3.8) is 0 Å². The molecule has 24 heavy (non-hydrogen) atoms. The van der Waals surface area contributed by atoms with Crippen LogP contribution in [0.1, 0.15) is 19.8 Å². The molecule has 0 spiro atoms. The predicted octanol–water partition coefficient (Wildman–Crippen LogP) is 2.08. The van der Waals surface area contributed by atoms with Gasteiger partial charge in [-0.1, -0.05) is 83.0 Å². The Morgan fingerprint density at radius 2 is 1.42 bits per heavy atom. The zero-order valence-electron chi connectivity index (χ0n) is 12.8. The average molecular weight is 459 g/mol. The summed E-state index contributed by atoms with van der Waals surface area (Å²) < 4.78 is 1.63. The SMILES string of the molecule is CCCCOC(=O)/C=C/C(Cl)(Cl)Cl.O=C(O)/C=C\C(Cl)(Cl)Cl.[Li+].[OH-]. The molecule has 136 valence electrons. The monoisotopic (exact) mass is 456 g/mol. The Hall–Kier alpha value is 0.717. The van der Waals surface area contributed by atoms with E-state index in [1.165, 1.54) is 0 Å². The molecule has 5 nitrogen and oxygen atoms in total. The van der Waals surface area contributed by atoms with Crippen LogP contribution in [0, 0.1) is 0 Å². The van der Waals surface area contributed by atoms with Gasteiger partial charge in [-0.25, -0.2) is 9.59 Å². The third-order valence-corrected chi connectivity index (χ3v) is 2.32. The average Bonchev–Trinajstić information content (AvgIpc) is 2.33. The number of rotatable bonds is 5. The topological polar surface area (TPSA) is 93.6 Å². The van der Waals surface area contributed by atoms with Crippen LogP contribution in [0.25, 0.3) is 0 Å². The fourth-order valence-corrected chi connectivity index (χ4v) is 1.07. The Balaban J connectivity index is -0.000000162. The third-order valence-electron chi connectivity index (χ3n) is 1.57. The Bertz CT molecular complexity index is 404. The van der Waals surface area contributed by atoms with Crippen molar-refractivity contribution < 1.29 is 43.8 Å². The van der Waals surface area contributed by atoms with Gasteiger partial charge in [-0.15, -0.1) is 0 Å². The normalized spacial score (nSPS) is 11.1. The number of carboxylic acid groups (broad SMARTS) is 1. The van der Waals surface area contributed by atoms with Gasteiger partial charge in [0, 0.05) is 12.2 Å². The van der Waals surface area contributed by atoms with Crippen molar-refractivity contribution in [2.75, 3.05) is 6.61 Å². The molecule has 2 N–H and O–H groups in total. The van der Waals surface area contributed by atoms with Crippen molar-refractivity contribution in [2.45, 2.75) is 27.4 Å². The van der Waals surface area contributed by atoms with Gasteiger partial charge in [0.15, 0.2) is 0 Å². The minimum absolute atomic E-state index is 0. The van der Waals surface area contributed by atoms with Crippen molar-refractivity contribution in [3.8, 4) is 0 Å². The predicted molar refractivity (Wildman–Crippen MR) is 94.3 cm³/mol. The zero-order valence-corrected chi connectivity index (χ0v) is 17.4. The maximum Gasteiger partial charge on any atom is 1.00 e. The maximum atomic E-state index is 10.9. The van der Waals surface area contributed by atoms with Gasteiger partial charge in [-0.2, -0.15) is 0 Å². The second kappa shape index (κ2) is 17.1. The van der Waals surface area contributed by atoms with Crippen LogP contribution in [0.5, 0.6) is 0 Å². The van der Waals surface area contributed by atoms with E-state index >= 15 is 0 Å². The summed E-state index contributed by atoms with van der Waals surface area (Å²) in [5.74, 6) is -1.62. The number of carbonyl (C=O) groups is 2. The van der Waals surface area contributed by atoms with E-state index in [1.807, 2.05) is 6.92 Å². The Morgan fingerprint density at radius 1 is 1.00 bits per heavy atom. The van der Waals surface area contributed by atoms with Gasteiger partial charge in [-0.05, 0) is 18.6 Å². The first-order chi connectivity index (χ1) is 9.87. The fraction of sp³-hybridized carbons (Fsp3) is 0.500. The van der Waals surface area contributed by atoms with E-state index < -0.39 is 19.5 Å². The molecule has 0 fully saturated rings. The van der Waals surface area contributed by atoms with Gasteiger partial charge in [0.25, 0.3) is 0 Å². The van der Waals surface area contributed by atoms with E-state index in [9.17, 15) is 9.59 Å². The van der Waals surface area contributed by atoms with Crippen molar-refractivity contribution >= 4 is 81.5 Å². The van der Waals surface area contributed by atoms with Gasteiger partial charge in [0.2, 0.25) is 7.59 Å². The fourth-order valence-electron chi connectivity index (χ4n) is 0.694. The molecular weight excluding hydrogens is 444 g/mol. The Labute approximate surface area is 182 Å². The van der Waals surface area contributed by atoms with Crippen LogP contribution in [-0.4, -0.2) is 36.7 Å². The molecule has 0 saturated heterocycles. The van der Waals surface area contributed by atoms with Crippen molar-refractivity contribution in [3.05, 3.63) is 24.3 Å². The molecular formula is C12H15Cl6LiO5. The molecule has 0 unspecified atom stereocenters. The van der Waals surface area contributed by atoms with Crippen LogP contribution in [0.2, 0.25) is 0 Å². The largest absolute Gasteiger partial charge is 1.00 e. The third kappa shape index (κ3) is 34.1. The molecule has 0 saturated carbocycles. The number of ether oxygens (including phenoxy) is 1. The van der Waals surface area contributed by atoms with Crippen LogP contribution < -0.4 is 18.9 Å². The van der Waals surface area contributed by atoms with Crippen molar-refractivity contribution in [2.24, 2.45) is 0 Å². The number of hydrogen-bond acceptors (Lipinski definition) is 4. The molecule has 0 atom stereocenters. The van der Waals surface area contributed by atoms with E-state index in [2.05, 4.69) is 0 Å². The molecule has 0 aromatic heterocycles. The van der Waals surface area contributed by atoms with Crippen molar-refractivity contribution in [1.82, 2.24) is 0 Å². The summed E-state index contributed by atoms with van der Waals surface area (Å²) in [6.45, 7) is 2.41. The molecule has 0 bridgehead atoms. The van der Waals surface area contributed by atoms with Crippen LogP contribution >= 0.6 is 69.6 Å². The number of aliphatic carboxylic acids is 1. The van der Waals surface area contributed by atoms with Gasteiger partial charge in [0.05, 0.1) is 6.61 Å². The number of carbonyl (C=O) groups excluding carboxylic acids is 1. The number of alkyl halides is 6. The summed E-state index contributed by atoms with van der Waals surface area (Å²) in [7, 11) is 0. The summed E-state index contributed by atoms with van der Waals surface area (Å²) >= 11 is 31.6. The van der Waals surface area contributed by atoms with E-state index in [4.69, 9.17) is 79.4 Å². The smallest absolute Gasteiger partial charge is 0.870 e. The van der Waals surface area contributed by atoms with Crippen molar-refractivity contribution in [1.29, 1.82) is 0 Å². The summed E-state index contributed by atoms with van der Waals surface area (Å²) in [6.07, 6.45) is 5.82. The van der Waals surface area contributed by atoms with Gasteiger partial charge >= 0.3 is 30.8 Å². The van der Waals surface area contributed by atoms with E-state index in [1.54, 1.807) is 0 Å². The Morgan fingerprint density at radius 3 is 1.71 bits per heavy atom. The molecule has 0 heterocycles. The second-order valence-electron chi connectivity index (χ2n) is 3.61. The molecule has 0 aliphatic heterocycles. The summed E-state index contributed by atoms with van der Waals surface area (Å²) in [5, 5.41) is 8.01. The molecule has 12 heteroatoms. The zero-order chi connectivity index (χ0) is 17.8. The van der Waals surface area contributed by atoms with E-state index in [0.717, 1.165) is 37.1 Å². The molecule has 0 radical (unpaired) electrons. The van der Waals surface area contributed by atoms with E-state index in [-0.39, 0.29) is 24.3 Å². The molecule has 0 aliphatic carbocycles. The summed E-state index contributed by atoms with van der Waals surface area (Å²) in [6, 6.07) is 0. The Kier molecular flexibility index (Phi) is 23.1. The summed E-state index contributed by atoms with van der Waals surface area (Å²) in [4.78, 5) is 20.7. The molecule has 0 aliphatic rings. The minimum atomic E-state index is -1.61. The molecule has 0 rings (SSSR count). The number of esters is 1. The first-order valence-corrected chi connectivity index (χ1v) is 8.05. The number of hydrogen-bond donors (Lipinski definition) is 1. The number of unbranched alkanes of at least 4 members (excludes halogenated alkanes) is 1. The first kappa shape index (κ1) is 32.4. The van der Waals surface area contributed by atoms with Gasteiger partial charge in [0.1, 0.15) is 0 Å². The van der Waals surface area contributed by atoms with Gasteiger partial charge < -0.3 is 15.3 Å². The number of allylic oxidation sites excluding steroid dienone is 2. The van der Waals surface area contributed by atoms with Crippen LogP contribution in [0.15, 0.2) is 24.3 Å².